The third-order valence-electron chi connectivity index (χ3n) is 2.89. The van der Waals surface area contributed by atoms with Crippen LogP contribution in [0.15, 0.2) is 23.0 Å². The van der Waals surface area contributed by atoms with Crippen LogP contribution < -0.4 is 0 Å². The molecule has 0 radical (unpaired) electrons. The third-order valence-corrected chi connectivity index (χ3v) is 5.16. The molecule has 0 amide bonds. The molecule has 14 heavy (non-hydrogen) atoms. The molecule has 0 bridgehead atoms. The van der Waals surface area contributed by atoms with E-state index in [1.165, 1.54) is 23.5 Å². The zero-order valence-electron chi connectivity index (χ0n) is 7.25. The minimum absolute atomic E-state index is 0.132. The van der Waals surface area contributed by atoms with Crippen LogP contribution in [-0.2, 0) is 9.59 Å². The lowest BCUT2D eigenvalue weighted by Crippen LogP contribution is -2.47. The fraction of sp³-hybridized carbons (Fsp3) is 0.400. The van der Waals surface area contributed by atoms with Crippen LogP contribution in [0.4, 0.5) is 0 Å². The Bertz CT molecular complexity index is 336. The number of fused-ring (bicyclic) bond motifs is 2. The van der Waals surface area contributed by atoms with Gasteiger partial charge in [-0.05, 0) is 10.8 Å². The molecule has 4 atom stereocenters. The van der Waals surface area contributed by atoms with Crippen LogP contribution >= 0.6 is 23.5 Å². The Morgan fingerprint density at radius 1 is 0.857 bits per heavy atom. The van der Waals surface area contributed by atoms with Crippen LogP contribution in [0.1, 0.15) is 0 Å². The number of thioether (sulfide) groups is 2. The van der Waals surface area contributed by atoms with E-state index in [9.17, 15) is 9.59 Å². The first-order valence-electron chi connectivity index (χ1n) is 4.51. The molecule has 4 heteroatoms. The van der Waals surface area contributed by atoms with Crippen molar-refractivity contribution in [3.63, 3.8) is 0 Å². The van der Waals surface area contributed by atoms with Crippen LogP contribution in [-0.4, -0.2) is 22.1 Å². The van der Waals surface area contributed by atoms with E-state index in [2.05, 4.69) is 0 Å². The van der Waals surface area contributed by atoms with Crippen molar-refractivity contribution in [2.75, 3.05) is 0 Å². The second-order valence-electron chi connectivity index (χ2n) is 3.63. The molecule has 1 saturated carbocycles. The molecule has 2 nitrogen and oxygen atoms in total. The zero-order valence-corrected chi connectivity index (χ0v) is 8.88. The van der Waals surface area contributed by atoms with Crippen molar-refractivity contribution in [2.24, 2.45) is 11.8 Å². The van der Waals surface area contributed by atoms with E-state index >= 15 is 0 Å². The molecule has 72 valence electrons. The average molecular weight is 224 g/mol. The van der Waals surface area contributed by atoms with E-state index in [1.54, 1.807) is 0 Å². The van der Waals surface area contributed by atoms with Gasteiger partial charge in [-0.3, -0.25) is 9.59 Å². The fourth-order valence-electron chi connectivity index (χ4n) is 2.16. The molecule has 0 saturated heterocycles. The molecule has 0 aromatic rings. The maximum absolute atomic E-state index is 12.0. The number of carbonyl (C=O) groups excluding carboxylic acids is 2. The predicted octanol–water partition coefficient (Wildman–Crippen LogP) is 1.63. The van der Waals surface area contributed by atoms with Crippen LogP contribution in [0, 0.1) is 11.8 Å². The van der Waals surface area contributed by atoms with Crippen molar-refractivity contribution >= 4 is 35.1 Å². The molecule has 2 heterocycles. The smallest absolute Gasteiger partial charge is 0.155 e. The molecule has 1 fully saturated rings. The third kappa shape index (κ3) is 1.01. The van der Waals surface area contributed by atoms with E-state index in [-0.39, 0.29) is 33.9 Å². The highest BCUT2D eigenvalue weighted by molar-refractivity contribution is 8.04. The Morgan fingerprint density at radius 2 is 1.29 bits per heavy atom. The Labute approximate surface area is 90.2 Å². The van der Waals surface area contributed by atoms with Gasteiger partial charge in [-0.2, -0.15) is 0 Å². The minimum atomic E-state index is -0.152. The number of allylic oxidation sites excluding steroid dienone is 2. The lowest BCUT2D eigenvalue weighted by Gasteiger charge is -2.30. The normalized spacial score (nSPS) is 44.3. The van der Waals surface area contributed by atoms with Gasteiger partial charge in [0.05, 0.1) is 22.3 Å². The van der Waals surface area contributed by atoms with Gasteiger partial charge in [-0.15, -0.1) is 23.5 Å². The molecule has 3 aliphatic rings. The van der Waals surface area contributed by atoms with Crippen LogP contribution in [0.25, 0.3) is 0 Å². The summed E-state index contributed by atoms with van der Waals surface area (Å²) in [6, 6.07) is 0. The maximum Gasteiger partial charge on any atom is 0.155 e. The summed E-state index contributed by atoms with van der Waals surface area (Å²) in [7, 11) is 0. The summed E-state index contributed by atoms with van der Waals surface area (Å²) >= 11 is 2.99. The number of hydrogen-bond acceptors (Lipinski definition) is 4. The van der Waals surface area contributed by atoms with Gasteiger partial charge in [-0.25, -0.2) is 0 Å². The first kappa shape index (κ1) is 8.80. The lowest BCUT2D eigenvalue weighted by molar-refractivity contribution is -0.132. The number of rotatable bonds is 0. The van der Waals surface area contributed by atoms with Gasteiger partial charge in [-0.1, -0.05) is 12.2 Å². The van der Waals surface area contributed by atoms with Crippen molar-refractivity contribution in [1.82, 2.24) is 0 Å². The van der Waals surface area contributed by atoms with Crippen molar-refractivity contribution in [1.29, 1.82) is 0 Å². The van der Waals surface area contributed by atoms with Gasteiger partial charge in [0.25, 0.3) is 0 Å². The minimum Gasteiger partial charge on any atom is -0.298 e. The van der Waals surface area contributed by atoms with Crippen molar-refractivity contribution < 1.29 is 9.59 Å². The van der Waals surface area contributed by atoms with Crippen LogP contribution in [0.3, 0.4) is 0 Å². The van der Waals surface area contributed by atoms with E-state index in [0.717, 1.165) is 0 Å². The summed E-state index contributed by atoms with van der Waals surface area (Å²) < 4.78 is 0. The standard InChI is InChI=1S/C10H8O2S2/c11-7-5-1-3-13-9(5)8(12)6-2-4-14-10(6)7/h1-6,9-10H. The van der Waals surface area contributed by atoms with Crippen molar-refractivity contribution in [2.45, 2.75) is 10.5 Å². The summed E-state index contributed by atoms with van der Waals surface area (Å²) in [4.78, 5) is 23.9. The number of carbonyl (C=O) groups is 2. The first-order chi connectivity index (χ1) is 6.79. The van der Waals surface area contributed by atoms with Crippen molar-refractivity contribution in [3.05, 3.63) is 23.0 Å². The topological polar surface area (TPSA) is 34.1 Å². The van der Waals surface area contributed by atoms with E-state index in [1.807, 2.05) is 23.0 Å². The number of Topliss-reactive ketones (excluding diaryl/α,β-unsaturated/α-hetero) is 2. The Hall–Kier alpha value is -0.480. The molecule has 0 aromatic heterocycles. The van der Waals surface area contributed by atoms with Gasteiger partial charge in [0, 0.05) is 0 Å². The Kier molecular flexibility index (Phi) is 1.89. The molecular formula is C10H8O2S2. The van der Waals surface area contributed by atoms with E-state index in [4.69, 9.17) is 0 Å². The quantitative estimate of drug-likeness (QED) is 0.626. The molecule has 0 N–H and O–H groups in total. The van der Waals surface area contributed by atoms with Crippen LogP contribution in [0.5, 0.6) is 0 Å². The molecular weight excluding hydrogens is 216 g/mol. The summed E-state index contributed by atoms with van der Waals surface area (Å²) in [5.41, 5.74) is 0. The van der Waals surface area contributed by atoms with E-state index < -0.39 is 0 Å². The summed E-state index contributed by atoms with van der Waals surface area (Å²) in [6.45, 7) is 0. The SMILES string of the molecule is O=C1C2C=CSC2C(=O)C2C=CSC12. The summed E-state index contributed by atoms with van der Waals surface area (Å²) in [5.74, 6) is 0.161. The molecule has 1 aliphatic carbocycles. The highest BCUT2D eigenvalue weighted by Gasteiger charge is 2.50. The number of ketones is 2. The predicted molar refractivity (Wildman–Crippen MR) is 58.0 cm³/mol. The van der Waals surface area contributed by atoms with Gasteiger partial charge in [0.1, 0.15) is 0 Å². The fourth-order valence-corrected chi connectivity index (χ4v) is 4.39. The van der Waals surface area contributed by atoms with Gasteiger partial charge >= 0.3 is 0 Å². The first-order valence-corrected chi connectivity index (χ1v) is 6.39. The molecule has 0 aromatic carbocycles. The van der Waals surface area contributed by atoms with E-state index in [0.29, 0.717) is 0 Å². The molecule has 3 rings (SSSR count). The second-order valence-corrected chi connectivity index (χ2v) is 5.73. The zero-order chi connectivity index (χ0) is 9.71. The molecule has 0 spiro atoms. The Balaban J connectivity index is 2.01. The van der Waals surface area contributed by atoms with Gasteiger partial charge in [0.2, 0.25) is 0 Å². The second kappa shape index (κ2) is 3.00. The van der Waals surface area contributed by atoms with Crippen LogP contribution in [0.2, 0.25) is 0 Å². The summed E-state index contributed by atoms with van der Waals surface area (Å²) in [5, 5.41) is 3.51. The highest BCUT2D eigenvalue weighted by Crippen LogP contribution is 2.45. The van der Waals surface area contributed by atoms with Crippen molar-refractivity contribution in [3.8, 4) is 0 Å². The number of hydrogen-bond donors (Lipinski definition) is 0. The van der Waals surface area contributed by atoms with Gasteiger partial charge in [0.15, 0.2) is 11.6 Å². The molecule has 4 unspecified atom stereocenters. The highest BCUT2D eigenvalue weighted by atomic mass is 32.2. The lowest BCUT2D eigenvalue weighted by atomic mass is 9.79. The monoisotopic (exact) mass is 224 g/mol. The average Bonchev–Trinajstić information content (AvgIpc) is 2.82. The summed E-state index contributed by atoms with van der Waals surface area (Å²) in [6.07, 6.45) is 3.76. The maximum atomic E-state index is 12.0. The Morgan fingerprint density at radius 3 is 1.71 bits per heavy atom. The van der Waals surface area contributed by atoms with Gasteiger partial charge < -0.3 is 0 Å². The molecule has 2 aliphatic heterocycles. The largest absolute Gasteiger partial charge is 0.298 e.